The second-order valence-electron chi connectivity index (χ2n) is 8.07. The Morgan fingerprint density at radius 2 is 1.67 bits per heavy atom. The Bertz CT molecular complexity index is 1290. The molecule has 6 heteroatoms. The zero-order chi connectivity index (χ0) is 23.4. The maximum Gasteiger partial charge on any atom is 0.251 e. The smallest absolute Gasteiger partial charge is 0.251 e. The molecule has 1 aromatic heterocycles. The molecule has 33 heavy (non-hydrogen) atoms. The normalized spacial score (nSPS) is 11.8. The van der Waals surface area contributed by atoms with Crippen molar-refractivity contribution in [2.75, 3.05) is 0 Å². The molecule has 1 atom stereocenters. The molecule has 4 aromatic rings. The van der Waals surface area contributed by atoms with Crippen molar-refractivity contribution in [2.45, 2.75) is 38.0 Å². The number of oxazole rings is 1. The Labute approximate surface area is 196 Å². The molecule has 168 valence electrons. The summed E-state index contributed by atoms with van der Waals surface area (Å²) >= 11 is 0. The van der Waals surface area contributed by atoms with Crippen LogP contribution in [0.2, 0.25) is 0 Å². The van der Waals surface area contributed by atoms with E-state index in [0.717, 1.165) is 27.1 Å². The first-order valence-corrected chi connectivity index (χ1v) is 12.1. The number of rotatable bonds is 7. The number of carbonyl (C=O) groups is 1. The van der Waals surface area contributed by atoms with E-state index >= 15 is 0 Å². The van der Waals surface area contributed by atoms with Crippen molar-refractivity contribution < 1.29 is 13.4 Å². The summed E-state index contributed by atoms with van der Waals surface area (Å²) < 4.78 is 18.5. The first-order valence-electron chi connectivity index (χ1n) is 10.7. The van der Waals surface area contributed by atoms with Crippen LogP contribution in [-0.2, 0) is 23.1 Å². The van der Waals surface area contributed by atoms with E-state index in [4.69, 9.17) is 4.42 Å². The molecule has 0 saturated carbocycles. The molecule has 1 N–H and O–H groups in total. The van der Waals surface area contributed by atoms with Gasteiger partial charge in [0.1, 0.15) is 5.76 Å². The predicted molar refractivity (Wildman–Crippen MR) is 130 cm³/mol. The number of nitrogens with zero attached hydrogens (tertiary/aromatic N) is 1. The second kappa shape index (κ2) is 9.96. The fourth-order valence-corrected chi connectivity index (χ4v) is 4.58. The first-order chi connectivity index (χ1) is 15.9. The van der Waals surface area contributed by atoms with E-state index in [1.54, 1.807) is 12.1 Å². The fraction of sp³-hybridized carbons (Fsp3) is 0.185. The molecular formula is C27H26N2O3S. The van der Waals surface area contributed by atoms with Gasteiger partial charge in [0.15, 0.2) is 0 Å². The van der Waals surface area contributed by atoms with Crippen LogP contribution in [0.1, 0.15) is 38.5 Å². The van der Waals surface area contributed by atoms with Crippen molar-refractivity contribution in [2.24, 2.45) is 0 Å². The highest BCUT2D eigenvalue weighted by Crippen LogP contribution is 2.24. The van der Waals surface area contributed by atoms with Gasteiger partial charge in [-0.1, -0.05) is 47.5 Å². The molecule has 0 aliphatic carbocycles. The van der Waals surface area contributed by atoms with Crippen molar-refractivity contribution in [1.82, 2.24) is 10.3 Å². The maximum absolute atomic E-state index is 12.7. The molecule has 5 nitrogen and oxygen atoms in total. The topological polar surface area (TPSA) is 72.2 Å². The molecule has 3 aromatic carbocycles. The molecule has 0 fully saturated rings. The number of benzene rings is 3. The lowest BCUT2D eigenvalue weighted by Gasteiger charge is -2.06. The highest BCUT2D eigenvalue weighted by molar-refractivity contribution is 7.84. The minimum Gasteiger partial charge on any atom is -0.441 e. The number of hydrogen-bond donors (Lipinski definition) is 1. The summed E-state index contributed by atoms with van der Waals surface area (Å²) in [7, 11) is -1.20. The summed E-state index contributed by atoms with van der Waals surface area (Å²) in [4.78, 5) is 17.8. The summed E-state index contributed by atoms with van der Waals surface area (Å²) in [6.45, 7) is 6.33. The highest BCUT2D eigenvalue weighted by atomic mass is 32.2. The van der Waals surface area contributed by atoms with Crippen molar-refractivity contribution >= 4 is 16.7 Å². The Morgan fingerprint density at radius 1 is 0.939 bits per heavy atom. The van der Waals surface area contributed by atoms with Gasteiger partial charge in [-0.3, -0.25) is 9.00 Å². The van der Waals surface area contributed by atoms with E-state index in [9.17, 15) is 9.00 Å². The van der Waals surface area contributed by atoms with E-state index < -0.39 is 10.8 Å². The summed E-state index contributed by atoms with van der Waals surface area (Å²) in [6.07, 6.45) is 0. The lowest BCUT2D eigenvalue weighted by atomic mass is 10.1. The molecule has 0 bridgehead atoms. The van der Waals surface area contributed by atoms with E-state index in [2.05, 4.69) is 16.4 Å². The third-order valence-electron chi connectivity index (χ3n) is 5.37. The minimum absolute atomic E-state index is 0.138. The van der Waals surface area contributed by atoms with Gasteiger partial charge >= 0.3 is 0 Å². The van der Waals surface area contributed by atoms with Gasteiger partial charge in [0.05, 0.1) is 22.2 Å². The summed E-state index contributed by atoms with van der Waals surface area (Å²) in [5.74, 6) is 1.25. The van der Waals surface area contributed by atoms with Crippen molar-refractivity contribution in [3.05, 3.63) is 107 Å². The Hall–Kier alpha value is -3.51. The van der Waals surface area contributed by atoms with Gasteiger partial charge in [-0.15, -0.1) is 0 Å². The van der Waals surface area contributed by atoms with E-state index in [-0.39, 0.29) is 11.7 Å². The van der Waals surface area contributed by atoms with E-state index in [0.29, 0.717) is 29.5 Å². The van der Waals surface area contributed by atoms with Crippen LogP contribution in [0.3, 0.4) is 0 Å². The summed E-state index contributed by atoms with van der Waals surface area (Å²) in [5.41, 5.74) is 5.35. The van der Waals surface area contributed by atoms with Crippen LogP contribution in [0.5, 0.6) is 0 Å². The zero-order valence-electron chi connectivity index (χ0n) is 18.9. The Kier molecular flexibility index (Phi) is 6.84. The fourth-order valence-electron chi connectivity index (χ4n) is 3.45. The quantitative estimate of drug-likeness (QED) is 0.397. The number of amides is 1. The molecule has 0 unspecified atom stereocenters. The molecule has 0 radical (unpaired) electrons. The average molecular weight is 459 g/mol. The molecule has 0 spiro atoms. The highest BCUT2D eigenvalue weighted by Gasteiger charge is 2.16. The third kappa shape index (κ3) is 5.65. The zero-order valence-corrected chi connectivity index (χ0v) is 19.7. The molecule has 0 aliphatic rings. The molecule has 1 amide bonds. The number of carbonyl (C=O) groups excluding carboxylic acids is 1. The molecule has 0 saturated heterocycles. The van der Waals surface area contributed by atoms with Crippen LogP contribution in [0.25, 0.3) is 11.5 Å². The van der Waals surface area contributed by atoms with Gasteiger partial charge in [0.25, 0.3) is 5.91 Å². The lowest BCUT2D eigenvalue weighted by Crippen LogP contribution is -2.22. The monoisotopic (exact) mass is 458 g/mol. The van der Waals surface area contributed by atoms with Crippen LogP contribution >= 0.6 is 0 Å². The van der Waals surface area contributed by atoms with Gasteiger partial charge in [-0.05, 0) is 62.7 Å². The van der Waals surface area contributed by atoms with Crippen LogP contribution in [0, 0.1) is 20.8 Å². The van der Waals surface area contributed by atoms with Crippen LogP contribution in [0.15, 0.2) is 82.1 Å². The SMILES string of the molecule is Cc1ccc([S@@](=O)Cc2nc(-c3ccc(C(=O)NCc4cccc(C)c4)cc3)oc2C)cc1. The van der Waals surface area contributed by atoms with E-state index in [1.807, 2.05) is 75.4 Å². The standard InChI is InChI=1S/C27H26N2O3S/c1-18-7-13-24(14-8-18)33(31)17-25-20(3)32-27(29-25)23-11-9-22(10-12-23)26(30)28-16-21-6-4-5-19(2)15-21/h4-15H,16-17H2,1-3H3,(H,28,30)/t33-/m0/s1. The Balaban J connectivity index is 1.42. The second-order valence-corrected chi connectivity index (χ2v) is 9.53. The lowest BCUT2D eigenvalue weighted by molar-refractivity contribution is 0.0951. The molecule has 1 heterocycles. The van der Waals surface area contributed by atoms with Crippen LogP contribution in [-0.4, -0.2) is 15.1 Å². The molecular weight excluding hydrogens is 432 g/mol. The number of hydrogen-bond acceptors (Lipinski definition) is 4. The summed E-state index contributed by atoms with van der Waals surface area (Å²) in [5, 5.41) is 2.94. The first kappa shape index (κ1) is 22.7. The molecule has 4 rings (SSSR count). The van der Waals surface area contributed by atoms with Gasteiger partial charge in [0, 0.05) is 22.6 Å². The number of nitrogens with one attached hydrogen (secondary N) is 1. The summed E-state index contributed by atoms with van der Waals surface area (Å²) in [6, 6.07) is 22.8. The Morgan fingerprint density at radius 3 is 2.36 bits per heavy atom. The average Bonchev–Trinajstić information content (AvgIpc) is 3.18. The van der Waals surface area contributed by atoms with Gasteiger partial charge in [-0.25, -0.2) is 4.98 Å². The minimum atomic E-state index is -1.20. The van der Waals surface area contributed by atoms with Crippen molar-refractivity contribution in [1.29, 1.82) is 0 Å². The third-order valence-corrected chi connectivity index (χ3v) is 6.71. The largest absolute Gasteiger partial charge is 0.441 e. The number of aromatic nitrogens is 1. The predicted octanol–water partition coefficient (Wildman–Crippen LogP) is 5.50. The van der Waals surface area contributed by atoms with Crippen LogP contribution < -0.4 is 5.32 Å². The van der Waals surface area contributed by atoms with Crippen molar-refractivity contribution in [3.8, 4) is 11.5 Å². The maximum atomic E-state index is 12.7. The van der Waals surface area contributed by atoms with E-state index in [1.165, 1.54) is 0 Å². The van der Waals surface area contributed by atoms with Crippen LogP contribution in [0.4, 0.5) is 0 Å². The number of aryl methyl sites for hydroxylation is 3. The molecule has 0 aliphatic heterocycles. The van der Waals surface area contributed by atoms with Crippen molar-refractivity contribution in [3.63, 3.8) is 0 Å². The van der Waals surface area contributed by atoms with Gasteiger partial charge in [0.2, 0.25) is 5.89 Å². The van der Waals surface area contributed by atoms with Gasteiger partial charge < -0.3 is 9.73 Å². The van der Waals surface area contributed by atoms with Gasteiger partial charge in [-0.2, -0.15) is 0 Å².